The van der Waals surface area contributed by atoms with Crippen molar-refractivity contribution in [3.63, 3.8) is 0 Å². The molecule has 0 amide bonds. The second-order valence-electron chi connectivity index (χ2n) is 4.87. The zero-order valence-corrected chi connectivity index (χ0v) is 13.0. The highest BCUT2D eigenvalue weighted by Gasteiger charge is 2.05. The summed E-state index contributed by atoms with van der Waals surface area (Å²) in [4.78, 5) is 17.2. The van der Waals surface area contributed by atoms with Gasteiger partial charge in [0.05, 0.1) is 30.0 Å². The third kappa shape index (κ3) is 3.81. The SMILES string of the molecule is CCN(CC)c1ncc(Nc2ccc(N(C)C)nc2)cn1. The number of aromatic nitrogens is 3. The lowest BCUT2D eigenvalue weighted by Gasteiger charge is -2.18. The first-order valence-electron chi connectivity index (χ1n) is 7.11. The summed E-state index contributed by atoms with van der Waals surface area (Å²) in [6, 6.07) is 3.95. The van der Waals surface area contributed by atoms with Gasteiger partial charge in [-0.15, -0.1) is 0 Å². The van der Waals surface area contributed by atoms with Crippen molar-refractivity contribution in [2.45, 2.75) is 13.8 Å². The van der Waals surface area contributed by atoms with Gasteiger partial charge in [0.15, 0.2) is 0 Å². The summed E-state index contributed by atoms with van der Waals surface area (Å²) in [6.07, 6.45) is 5.38. The number of nitrogens with one attached hydrogen (secondary N) is 1. The van der Waals surface area contributed by atoms with Crippen molar-refractivity contribution >= 4 is 23.1 Å². The topological polar surface area (TPSA) is 57.2 Å². The molecule has 6 nitrogen and oxygen atoms in total. The van der Waals surface area contributed by atoms with E-state index in [1.165, 1.54) is 0 Å². The van der Waals surface area contributed by atoms with Crippen molar-refractivity contribution in [3.8, 4) is 0 Å². The Morgan fingerprint density at radius 2 is 1.52 bits per heavy atom. The van der Waals surface area contributed by atoms with Crippen LogP contribution in [0.4, 0.5) is 23.1 Å². The van der Waals surface area contributed by atoms with Crippen molar-refractivity contribution < 1.29 is 0 Å². The van der Waals surface area contributed by atoms with Gasteiger partial charge in [-0.05, 0) is 26.0 Å². The molecule has 21 heavy (non-hydrogen) atoms. The van der Waals surface area contributed by atoms with E-state index in [4.69, 9.17) is 0 Å². The fourth-order valence-corrected chi connectivity index (χ4v) is 1.95. The molecule has 2 rings (SSSR count). The van der Waals surface area contributed by atoms with E-state index in [0.29, 0.717) is 0 Å². The summed E-state index contributed by atoms with van der Waals surface area (Å²) < 4.78 is 0. The monoisotopic (exact) mass is 286 g/mol. The fraction of sp³-hybridized carbons (Fsp3) is 0.400. The second-order valence-corrected chi connectivity index (χ2v) is 4.87. The molecule has 0 radical (unpaired) electrons. The first-order chi connectivity index (χ1) is 10.1. The van der Waals surface area contributed by atoms with Crippen LogP contribution in [0.25, 0.3) is 0 Å². The highest BCUT2D eigenvalue weighted by molar-refractivity contribution is 5.59. The van der Waals surface area contributed by atoms with E-state index in [9.17, 15) is 0 Å². The van der Waals surface area contributed by atoms with Crippen molar-refractivity contribution in [2.24, 2.45) is 0 Å². The Balaban J connectivity index is 2.06. The Morgan fingerprint density at radius 3 is 2.00 bits per heavy atom. The number of anilines is 4. The zero-order valence-electron chi connectivity index (χ0n) is 13.0. The molecule has 0 bridgehead atoms. The van der Waals surface area contributed by atoms with Gasteiger partial charge < -0.3 is 15.1 Å². The van der Waals surface area contributed by atoms with Gasteiger partial charge in [-0.3, -0.25) is 0 Å². The first-order valence-corrected chi connectivity index (χ1v) is 7.11. The molecule has 0 aromatic carbocycles. The van der Waals surface area contributed by atoms with Gasteiger partial charge in [0.1, 0.15) is 5.82 Å². The molecule has 0 unspecified atom stereocenters. The molecule has 0 spiro atoms. The van der Waals surface area contributed by atoms with Gasteiger partial charge in [-0.1, -0.05) is 0 Å². The third-order valence-corrected chi connectivity index (χ3v) is 3.18. The van der Waals surface area contributed by atoms with Crippen LogP contribution in [0.1, 0.15) is 13.8 Å². The van der Waals surface area contributed by atoms with E-state index < -0.39 is 0 Å². The van der Waals surface area contributed by atoms with Crippen molar-refractivity contribution in [2.75, 3.05) is 42.3 Å². The molecule has 2 heterocycles. The lowest BCUT2D eigenvalue weighted by molar-refractivity contribution is 0.821. The Bertz CT molecular complexity index is 545. The van der Waals surface area contributed by atoms with Crippen LogP contribution in [-0.2, 0) is 0 Å². The van der Waals surface area contributed by atoms with Crippen LogP contribution in [0, 0.1) is 0 Å². The predicted octanol–water partition coefficient (Wildman–Crippen LogP) is 2.53. The van der Waals surface area contributed by atoms with E-state index in [1.807, 2.05) is 31.1 Å². The molecule has 0 aliphatic rings. The summed E-state index contributed by atoms with van der Waals surface area (Å²) >= 11 is 0. The van der Waals surface area contributed by atoms with Gasteiger partial charge in [-0.2, -0.15) is 0 Å². The first kappa shape index (κ1) is 15.0. The number of rotatable bonds is 6. The third-order valence-electron chi connectivity index (χ3n) is 3.18. The molecule has 112 valence electrons. The van der Waals surface area contributed by atoms with Crippen LogP contribution in [0.15, 0.2) is 30.7 Å². The number of hydrogen-bond acceptors (Lipinski definition) is 6. The van der Waals surface area contributed by atoms with Crippen molar-refractivity contribution in [1.82, 2.24) is 15.0 Å². The van der Waals surface area contributed by atoms with E-state index in [0.717, 1.165) is 36.2 Å². The summed E-state index contributed by atoms with van der Waals surface area (Å²) in [5, 5.41) is 3.25. The Labute approximate surface area is 125 Å². The van der Waals surface area contributed by atoms with Gasteiger partial charge >= 0.3 is 0 Å². The molecule has 2 aromatic heterocycles. The summed E-state index contributed by atoms with van der Waals surface area (Å²) in [5.74, 6) is 1.68. The highest BCUT2D eigenvalue weighted by Crippen LogP contribution is 2.17. The van der Waals surface area contributed by atoms with Crippen molar-refractivity contribution in [1.29, 1.82) is 0 Å². The summed E-state index contributed by atoms with van der Waals surface area (Å²) in [7, 11) is 3.93. The minimum absolute atomic E-state index is 0.756. The number of nitrogens with zero attached hydrogens (tertiary/aromatic N) is 5. The van der Waals surface area contributed by atoms with Gasteiger partial charge in [0, 0.05) is 27.2 Å². The maximum Gasteiger partial charge on any atom is 0.225 e. The largest absolute Gasteiger partial charge is 0.363 e. The molecule has 0 saturated carbocycles. The maximum absolute atomic E-state index is 4.39. The van der Waals surface area contributed by atoms with Crippen LogP contribution in [0.2, 0.25) is 0 Å². The molecule has 0 aliphatic carbocycles. The molecule has 2 aromatic rings. The quantitative estimate of drug-likeness (QED) is 0.880. The highest BCUT2D eigenvalue weighted by atomic mass is 15.2. The lowest BCUT2D eigenvalue weighted by Crippen LogP contribution is -2.23. The zero-order chi connectivity index (χ0) is 15.2. The van der Waals surface area contributed by atoms with Crippen molar-refractivity contribution in [3.05, 3.63) is 30.7 Å². The number of pyridine rings is 1. The van der Waals surface area contributed by atoms with Crippen LogP contribution in [0.5, 0.6) is 0 Å². The fourth-order valence-electron chi connectivity index (χ4n) is 1.95. The lowest BCUT2D eigenvalue weighted by atomic mass is 10.3. The van der Waals surface area contributed by atoms with Crippen LogP contribution >= 0.6 is 0 Å². The molecule has 0 fully saturated rings. The van der Waals surface area contributed by atoms with Gasteiger partial charge in [0.2, 0.25) is 5.95 Å². The van der Waals surface area contributed by atoms with E-state index >= 15 is 0 Å². The van der Waals surface area contributed by atoms with E-state index in [1.54, 1.807) is 18.6 Å². The normalized spacial score (nSPS) is 10.3. The predicted molar refractivity (Wildman–Crippen MR) is 87.4 cm³/mol. The standard InChI is InChI=1S/C15H22N6/c1-5-21(6-2)15-17-10-13(11-18-15)19-12-7-8-14(16-9-12)20(3)4/h7-11,19H,5-6H2,1-4H3. The number of hydrogen-bond donors (Lipinski definition) is 1. The Kier molecular flexibility index (Phi) is 4.92. The van der Waals surface area contributed by atoms with Gasteiger partial charge in [0.25, 0.3) is 0 Å². The van der Waals surface area contributed by atoms with Crippen LogP contribution in [-0.4, -0.2) is 42.1 Å². The molecule has 1 N–H and O–H groups in total. The summed E-state index contributed by atoms with van der Waals surface area (Å²) in [5.41, 5.74) is 1.77. The molecular formula is C15H22N6. The molecule has 0 saturated heterocycles. The van der Waals surface area contributed by atoms with Gasteiger partial charge in [-0.25, -0.2) is 15.0 Å². The average molecular weight is 286 g/mol. The van der Waals surface area contributed by atoms with E-state index in [-0.39, 0.29) is 0 Å². The maximum atomic E-state index is 4.39. The van der Waals surface area contributed by atoms with Crippen LogP contribution in [0.3, 0.4) is 0 Å². The van der Waals surface area contributed by atoms with Crippen LogP contribution < -0.4 is 15.1 Å². The summed E-state index contributed by atoms with van der Waals surface area (Å²) in [6.45, 7) is 5.99. The molecule has 0 aliphatic heterocycles. The Morgan fingerprint density at radius 1 is 0.905 bits per heavy atom. The second kappa shape index (κ2) is 6.88. The molecular weight excluding hydrogens is 264 g/mol. The smallest absolute Gasteiger partial charge is 0.225 e. The average Bonchev–Trinajstić information content (AvgIpc) is 2.51. The minimum atomic E-state index is 0.756. The molecule has 0 atom stereocenters. The Hall–Kier alpha value is -2.37. The minimum Gasteiger partial charge on any atom is -0.363 e. The molecule has 6 heteroatoms. The van der Waals surface area contributed by atoms with E-state index in [2.05, 4.69) is 39.0 Å².